The van der Waals surface area contributed by atoms with Crippen LogP contribution in [0.15, 0.2) is 48.6 Å². The van der Waals surface area contributed by atoms with Crippen LogP contribution in [0, 0.1) is 18.3 Å². The molecular formula is C22H22N2O4. The number of ether oxygens (including phenoxy) is 2. The van der Waals surface area contributed by atoms with Gasteiger partial charge in [-0.1, -0.05) is 12.1 Å². The predicted octanol–water partition coefficient (Wildman–Crippen LogP) is 3.99. The highest BCUT2D eigenvalue weighted by Gasteiger charge is 2.14. The van der Waals surface area contributed by atoms with E-state index < -0.39 is 5.91 Å². The van der Waals surface area contributed by atoms with Crippen LogP contribution in [0.2, 0.25) is 0 Å². The molecule has 0 fully saturated rings. The molecule has 0 saturated carbocycles. The molecule has 6 heteroatoms. The number of nitrogens with zero attached hydrogens (tertiary/aromatic N) is 1. The van der Waals surface area contributed by atoms with E-state index in [-0.39, 0.29) is 17.1 Å². The zero-order chi connectivity index (χ0) is 20.7. The molecule has 2 aromatic carbocycles. The Morgan fingerprint density at radius 2 is 1.96 bits per heavy atom. The van der Waals surface area contributed by atoms with Gasteiger partial charge in [-0.15, -0.1) is 6.58 Å². The molecule has 0 atom stereocenters. The molecule has 0 spiro atoms. The average Bonchev–Trinajstić information content (AvgIpc) is 2.68. The first kappa shape index (κ1) is 20.6. The normalized spacial score (nSPS) is 10.7. The first-order chi connectivity index (χ1) is 13.4. The maximum atomic E-state index is 12.6. The number of amides is 1. The molecule has 28 heavy (non-hydrogen) atoms. The highest BCUT2D eigenvalue weighted by atomic mass is 16.5. The number of phenols is 1. The fourth-order valence-corrected chi connectivity index (χ4v) is 2.66. The number of hydrogen-bond donors (Lipinski definition) is 2. The van der Waals surface area contributed by atoms with Gasteiger partial charge < -0.3 is 19.9 Å². The lowest BCUT2D eigenvalue weighted by molar-refractivity contribution is -0.112. The van der Waals surface area contributed by atoms with Crippen molar-refractivity contribution < 1.29 is 19.4 Å². The number of nitriles is 1. The second-order valence-corrected chi connectivity index (χ2v) is 6.05. The van der Waals surface area contributed by atoms with Crippen molar-refractivity contribution in [3.63, 3.8) is 0 Å². The number of allylic oxidation sites excluding steroid dienone is 1. The number of aryl methyl sites for hydroxylation is 1. The van der Waals surface area contributed by atoms with Crippen molar-refractivity contribution in [3.8, 4) is 23.3 Å². The Labute approximate surface area is 164 Å². The SMILES string of the molecule is C=CCc1cc(/C=C(\C#N)C(=O)Nc2cc(C)ccc2OC)cc(OC)c1O. The van der Waals surface area contributed by atoms with Gasteiger partial charge in [-0.2, -0.15) is 5.26 Å². The van der Waals surface area contributed by atoms with E-state index in [9.17, 15) is 15.2 Å². The van der Waals surface area contributed by atoms with E-state index in [4.69, 9.17) is 9.47 Å². The molecule has 0 aromatic heterocycles. The Kier molecular flexibility index (Phi) is 6.83. The summed E-state index contributed by atoms with van der Waals surface area (Å²) in [6.45, 7) is 5.55. The van der Waals surface area contributed by atoms with Crippen LogP contribution in [0.4, 0.5) is 5.69 Å². The van der Waals surface area contributed by atoms with E-state index in [2.05, 4.69) is 11.9 Å². The second kappa shape index (κ2) is 9.28. The topological polar surface area (TPSA) is 91.6 Å². The molecule has 2 rings (SSSR count). The van der Waals surface area contributed by atoms with Crippen LogP contribution in [-0.4, -0.2) is 25.2 Å². The number of methoxy groups -OCH3 is 2. The van der Waals surface area contributed by atoms with Gasteiger partial charge in [-0.3, -0.25) is 4.79 Å². The molecule has 2 aromatic rings. The minimum Gasteiger partial charge on any atom is -0.504 e. The van der Waals surface area contributed by atoms with Crippen LogP contribution < -0.4 is 14.8 Å². The third kappa shape index (κ3) is 4.71. The van der Waals surface area contributed by atoms with Crippen molar-refractivity contribution in [1.29, 1.82) is 5.26 Å². The van der Waals surface area contributed by atoms with E-state index in [1.807, 2.05) is 19.1 Å². The third-order valence-corrected chi connectivity index (χ3v) is 4.04. The smallest absolute Gasteiger partial charge is 0.266 e. The maximum absolute atomic E-state index is 12.6. The summed E-state index contributed by atoms with van der Waals surface area (Å²) in [4.78, 5) is 12.6. The highest BCUT2D eigenvalue weighted by molar-refractivity contribution is 6.10. The Balaban J connectivity index is 2.40. The molecule has 0 bridgehead atoms. The van der Waals surface area contributed by atoms with Crippen molar-refractivity contribution in [2.75, 3.05) is 19.5 Å². The van der Waals surface area contributed by atoms with Crippen molar-refractivity contribution in [2.24, 2.45) is 0 Å². The Morgan fingerprint density at radius 3 is 2.57 bits per heavy atom. The number of aromatic hydroxyl groups is 1. The second-order valence-electron chi connectivity index (χ2n) is 6.05. The van der Waals surface area contributed by atoms with Gasteiger partial charge in [-0.05, 0) is 54.8 Å². The summed E-state index contributed by atoms with van der Waals surface area (Å²) in [6.07, 6.45) is 3.49. The van der Waals surface area contributed by atoms with Crippen molar-refractivity contribution >= 4 is 17.7 Å². The van der Waals surface area contributed by atoms with Crippen molar-refractivity contribution in [1.82, 2.24) is 0 Å². The summed E-state index contributed by atoms with van der Waals surface area (Å²) in [5.74, 6) is 0.190. The lowest BCUT2D eigenvalue weighted by Crippen LogP contribution is -2.14. The molecule has 144 valence electrons. The molecule has 0 unspecified atom stereocenters. The number of carbonyl (C=O) groups excluding carboxylic acids is 1. The maximum Gasteiger partial charge on any atom is 0.266 e. The van der Waals surface area contributed by atoms with Crippen LogP contribution in [0.3, 0.4) is 0 Å². The van der Waals surface area contributed by atoms with Gasteiger partial charge in [0, 0.05) is 5.56 Å². The summed E-state index contributed by atoms with van der Waals surface area (Å²) in [6, 6.07) is 10.5. The number of carbonyl (C=O) groups is 1. The molecule has 0 aliphatic rings. The molecule has 0 aliphatic carbocycles. The summed E-state index contributed by atoms with van der Waals surface area (Å²) < 4.78 is 10.4. The van der Waals surface area contributed by atoms with E-state index >= 15 is 0 Å². The minimum atomic E-state index is -0.566. The van der Waals surface area contributed by atoms with Crippen LogP contribution in [-0.2, 0) is 11.2 Å². The number of benzene rings is 2. The first-order valence-corrected chi connectivity index (χ1v) is 8.52. The standard InChI is InChI=1S/C22H22N2O4/c1-5-6-16-10-15(12-20(28-4)21(16)25)11-17(13-23)22(26)24-18-9-14(2)7-8-19(18)27-3/h5,7-12,25H,1,6H2,2-4H3,(H,24,26)/b17-11+. The monoisotopic (exact) mass is 378 g/mol. The summed E-state index contributed by atoms with van der Waals surface area (Å²) >= 11 is 0. The molecule has 1 amide bonds. The number of phenolic OH excluding ortho intramolecular Hbond substituents is 1. The molecule has 0 saturated heterocycles. The number of hydrogen-bond acceptors (Lipinski definition) is 5. The molecule has 0 heterocycles. The van der Waals surface area contributed by atoms with Gasteiger partial charge in [0.25, 0.3) is 5.91 Å². The van der Waals surface area contributed by atoms with Crippen LogP contribution >= 0.6 is 0 Å². The fourth-order valence-electron chi connectivity index (χ4n) is 2.66. The Morgan fingerprint density at radius 1 is 1.25 bits per heavy atom. The quantitative estimate of drug-likeness (QED) is 0.432. The number of anilines is 1. The van der Waals surface area contributed by atoms with Gasteiger partial charge in [0.1, 0.15) is 17.4 Å². The highest BCUT2D eigenvalue weighted by Crippen LogP contribution is 2.33. The van der Waals surface area contributed by atoms with E-state index in [1.165, 1.54) is 20.3 Å². The first-order valence-electron chi connectivity index (χ1n) is 8.52. The van der Waals surface area contributed by atoms with Crippen LogP contribution in [0.1, 0.15) is 16.7 Å². The summed E-state index contributed by atoms with van der Waals surface area (Å²) in [7, 11) is 2.94. The Bertz CT molecular complexity index is 971. The predicted molar refractivity (Wildman–Crippen MR) is 109 cm³/mol. The summed E-state index contributed by atoms with van der Waals surface area (Å²) in [5.41, 5.74) is 2.45. The molecule has 2 N–H and O–H groups in total. The van der Waals surface area contributed by atoms with E-state index in [0.717, 1.165) is 5.56 Å². The minimum absolute atomic E-state index is 0.00649. The zero-order valence-corrected chi connectivity index (χ0v) is 16.1. The number of rotatable bonds is 7. The average molecular weight is 378 g/mol. The van der Waals surface area contributed by atoms with Gasteiger partial charge in [-0.25, -0.2) is 0 Å². The fraction of sp³-hybridized carbons (Fsp3) is 0.182. The lowest BCUT2D eigenvalue weighted by Gasteiger charge is -2.11. The van der Waals surface area contributed by atoms with E-state index in [0.29, 0.717) is 29.0 Å². The van der Waals surface area contributed by atoms with Gasteiger partial charge in [0.15, 0.2) is 11.5 Å². The summed E-state index contributed by atoms with van der Waals surface area (Å²) in [5, 5.41) is 22.3. The van der Waals surface area contributed by atoms with Crippen molar-refractivity contribution in [2.45, 2.75) is 13.3 Å². The van der Waals surface area contributed by atoms with Gasteiger partial charge >= 0.3 is 0 Å². The molecule has 0 aliphatic heterocycles. The zero-order valence-electron chi connectivity index (χ0n) is 16.1. The Hall–Kier alpha value is -3.72. The number of nitrogens with one attached hydrogen (secondary N) is 1. The van der Waals surface area contributed by atoms with Gasteiger partial charge in [0.2, 0.25) is 0 Å². The van der Waals surface area contributed by atoms with Crippen molar-refractivity contribution in [3.05, 3.63) is 65.3 Å². The van der Waals surface area contributed by atoms with Gasteiger partial charge in [0.05, 0.1) is 19.9 Å². The molecule has 6 nitrogen and oxygen atoms in total. The lowest BCUT2D eigenvalue weighted by atomic mass is 10.0. The largest absolute Gasteiger partial charge is 0.504 e. The van der Waals surface area contributed by atoms with Crippen LogP contribution in [0.25, 0.3) is 6.08 Å². The molecular weight excluding hydrogens is 356 g/mol. The molecule has 0 radical (unpaired) electrons. The van der Waals surface area contributed by atoms with E-state index in [1.54, 1.807) is 30.3 Å². The third-order valence-electron chi connectivity index (χ3n) is 4.04. The van der Waals surface area contributed by atoms with Crippen LogP contribution in [0.5, 0.6) is 17.2 Å².